The van der Waals surface area contributed by atoms with Crippen molar-refractivity contribution >= 4 is 42.5 Å². The van der Waals surface area contributed by atoms with E-state index in [0.717, 1.165) is 12.8 Å². The molecular weight excluding hydrogens is 315 g/mol. The number of hydrogen-bond acceptors (Lipinski definition) is 2. The van der Waals surface area contributed by atoms with Gasteiger partial charge in [-0.3, -0.25) is 4.79 Å². The van der Waals surface area contributed by atoms with E-state index in [0.29, 0.717) is 6.42 Å². The molecule has 0 aliphatic rings. The number of hydrogen-bond donors (Lipinski definition) is 2. The van der Waals surface area contributed by atoms with Crippen molar-refractivity contribution in [3.05, 3.63) is 0 Å². The van der Waals surface area contributed by atoms with Gasteiger partial charge in [0.25, 0.3) is 0 Å². The van der Waals surface area contributed by atoms with Gasteiger partial charge in [0, 0.05) is 0 Å². The quantitative estimate of drug-likeness (QED) is 0.383. The van der Waals surface area contributed by atoms with Crippen molar-refractivity contribution in [3.8, 4) is 0 Å². The number of unbranched alkanes of at least 4 members (excludes halogenated alkanes) is 6. The molecule has 0 saturated carbocycles. The van der Waals surface area contributed by atoms with Crippen molar-refractivity contribution in [2.45, 2.75) is 63.5 Å². The van der Waals surface area contributed by atoms with Crippen LogP contribution in [0, 0.1) is 0 Å². The fourth-order valence-electron chi connectivity index (χ4n) is 1.42. The van der Waals surface area contributed by atoms with E-state index < -0.39 is 11.2 Å². The number of carboxylic acid groups (broad SMARTS) is 1. The van der Waals surface area contributed by atoms with Gasteiger partial charge < -0.3 is 5.11 Å². The summed E-state index contributed by atoms with van der Waals surface area (Å²) < 4.78 is 0. The van der Waals surface area contributed by atoms with Crippen LogP contribution in [0.25, 0.3) is 0 Å². The molecule has 0 aliphatic carbocycles. The average molecular weight is 341 g/mol. The molecule has 92 valence electrons. The minimum atomic E-state index is -0.792. The summed E-state index contributed by atoms with van der Waals surface area (Å²) in [6.45, 7) is 2.21. The van der Waals surface area contributed by atoms with Crippen LogP contribution in [0.1, 0.15) is 58.3 Å². The molecule has 0 fully saturated rings. The Morgan fingerprint density at radius 2 is 1.60 bits per heavy atom. The summed E-state index contributed by atoms with van der Waals surface area (Å²) in [5, 5.41) is 8.11. The van der Waals surface area contributed by atoms with Gasteiger partial charge in [0.15, 0.2) is 0 Å². The molecule has 0 radical (unpaired) electrons. The molecule has 0 heterocycles. The molecule has 0 aromatic heterocycles. The van der Waals surface area contributed by atoms with E-state index >= 15 is 0 Å². The second kappa shape index (κ2) is 12.7. The molecule has 0 saturated heterocycles. The number of aliphatic carboxylic acids is 1. The molecule has 0 aromatic carbocycles. The third kappa shape index (κ3) is 12.6. The fraction of sp³-hybridized carbons (Fsp3) is 0.909. The molecular formula is C11H26O2SSn. The van der Waals surface area contributed by atoms with Crippen LogP contribution in [0.3, 0.4) is 0 Å². The first-order chi connectivity index (χ1) is 6.68. The SMILES string of the molecule is CCCCCCCCCC(S)C(=O)O.[SnH4]. The second-order valence-corrected chi connectivity index (χ2v) is 4.39. The van der Waals surface area contributed by atoms with Crippen LogP contribution in [-0.2, 0) is 4.79 Å². The number of carbonyl (C=O) groups is 1. The molecule has 0 bridgehead atoms. The Kier molecular flexibility index (Phi) is 15.2. The molecule has 1 N–H and O–H groups in total. The Balaban J connectivity index is 0. The van der Waals surface area contributed by atoms with E-state index in [1.807, 2.05) is 0 Å². The Morgan fingerprint density at radius 3 is 2.07 bits per heavy atom. The molecule has 0 spiro atoms. The first kappa shape index (κ1) is 18.0. The molecule has 0 amide bonds. The summed E-state index contributed by atoms with van der Waals surface area (Å²) >= 11 is 3.98. The van der Waals surface area contributed by atoms with E-state index in [2.05, 4.69) is 19.6 Å². The predicted octanol–water partition coefficient (Wildman–Crippen LogP) is 2.06. The Labute approximate surface area is 116 Å². The fourth-order valence-corrected chi connectivity index (χ4v) is 1.60. The summed E-state index contributed by atoms with van der Waals surface area (Å²) in [6.07, 6.45) is 9.28. The third-order valence-corrected chi connectivity index (χ3v) is 2.85. The summed E-state index contributed by atoms with van der Waals surface area (Å²) in [5.41, 5.74) is 0. The van der Waals surface area contributed by atoms with E-state index in [-0.39, 0.29) is 23.9 Å². The zero-order valence-electron chi connectivity index (χ0n) is 9.04. The van der Waals surface area contributed by atoms with Crippen molar-refractivity contribution in [2.24, 2.45) is 0 Å². The summed E-state index contributed by atoms with van der Waals surface area (Å²) in [5.74, 6) is -0.792. The van der Waals surface area contributed by atoms with Crippen molar-refractivity contribution in [1.82, 2.24) is 0 Å². The van der Waals surface area contributed by atoms with E-state index in [9.17, 15) is 4.79 Å². The number of carboxylic acids is 1. The van der Waals surface area contributed by atoms with Crippen LogP contribution < -0.4 is 0 Å². The van der Waals surface area contributed by atoms with Crippen molar-refractivity contribution in [3.63, 3.8) is 0 Å². The van der Waals surface area contributed by atoms with Crippen LogP contribution in [0.15, 0.2) is 0 Å². The molecule has 1 atom stereocenters. The first-order valence-electron chi connectivity index (χ1n) is 5.59. The maximum atomic E-state index is 10.4. The molecule has 0 aliphatic heterocycles. The number of rotatable bonds is 9. The summed E-state index contributed by atoms with van der Waals surface area (Å²) in [6, 6.07) is 0. The van der Waals surface area contributed by atoms with Gasteiger partial charge in [-0.2, -0.15) is 12.6 Å². The molecule has 15 heavy (non-hydrogen) atoms. The Morgan fingerprint density at radius 1 is 1.13 bits per heavy atom. The van der Waals surface area contributed by atoms with Gasteiger partial charge in [0.2, 0.25) is 0 Å². The van der Waals surface area contributed by atoms with Gasteiger partial charge in [-0.25, -0.2) is 0 Å². The molecule has 2 nitrogen and oxygen atoms in total. The zero-order chi connectivity index (χ0) is 10.8. The summed E-state index contributed by atoms with van der Waals surface area (Å²) in [7, 11) is 0. The van der Waals surface area contributed by atoms with Crippen LogP contribution >= 0.6 is 12.6 Å². The molecule has 0 aromatic rings. The average Bonchev–Trinajstić information content (AvgIpc) is 2.16. The maximum absolute atomic E-state index is 10.4. The second-order valence-electron chi connectivity index (χ2n) is 3.76. The van der Waals surface area contributed by atoms with E-state index in [1.54, 1.807) is 0 Å². The van der Waals surface area contributed by atoms with E-state index in [1.165, 1.54) is 32.1 Å². The molecule has 1 unspecified atom stereocenters. The zero-order valence-corrected chi connectivity index (χ0v) is 9.93. The number of thiol groups is 1. The normalized spacial score (nSPS) is 11.9. The van der Waals surface area contributed by atoms with Crippen LogP contribution in [0.2, 0.25) is 0 Å². The van der Waals surface area contributed by atoms with Crippen molar-refractivity contribution in [2.75, 3.05) is 0 Å². The standard InChI is InChI=1S/C11H22O2S.Sn.4H/c1-2-3-4-5-6-7-8-9-10(14)11(12)13;;;;;/h10,14H,2-9H2,1H3,(H,12,13);;;;;. The van der Waals surface area contributed by atoms with Gasteiger partial charge in [-0.05, 0) is 6.42 Å². The first-order valence-corrected chi connectivity index (χ1v) is 6.11. The van der Waals surface area contributed by atoms with Crippen LogP contribution in [-0.4, -0.2) is 40.2 Å². The third-order valence-electron chi connectivity index (χ3n) is 2.37. The van der Waals surface area contributed by atoms with Crippen molar-refractivity contribution in [1.29, 1.82) is 0 Å². The Hall–Kier alpha value is 0.619. The molecule has 0 rings (SSSR count). The van der Waals surface area contributed by atoms with Crippen LogP contribution in [0.4, 0.5) is 0 Å². The Bertz CT molecular complexity index is 154. The van der Waals surface area contributed by atoms with Crippen LogP contribution in [0.5, 0.6) is 0 Å². The topological polar surface area (TPSA) is 37.3 Å². The monoisotopic (exact) mass is 342 g/mol. The van der Waals surface area contributed by atoms with Gasteiger partial charge in [-0.1, -0.05) is 51.9 Å². The van der Waals surface area contributed by atoms with E-state index in [4.69, 9.17) is 5.11 Å². The summed E-state index contributed by atoms with van der Waals surface area (Å²) in [4.78, 5) is 10.4. The predicted molar refractivity (Wildman–Crippen MR) is 74.4 cm³/mol. The minimum absolute atomic E-state index is 0. The van der Waals surface area contributed by atoms with Crippen molar-refractivity contribution < 1.29 is 9.90 Å². The molecule has 4 heteroatoms. The van der Waals surface area contributed by atoms with Gasteiger partial charge in [-0.15, -0.1) is 0 Å². The van der Waals surface area contributed by atoms with Gasteiger partial charge in [0.05, 0.1) is 5.25 Å². The van der Waals surface area contributed by atoms with Gasteiger partial charge >= 0.3 is 29.9 Å². The van der Waals surface area contributed by atoms with Gasteiger partial charge in [0.1, 0.15) is 0 Å².